The summed E-state index contributed by atoms with van der Waals surface area (Å²) in [6.45, 7) is 4.35. The number of guanidine groups is 1. The first-order valence-corrected chi connectivity index (χ1v) is 8.56. The van der Waals surface area contributed by atoms with Gasteiger partial charge >= 0.3 is 0 Å². The molecule has 1 atom stereocenters. The number of ether oxygens (including phenoxy) is 3. The summed E-state index contributed by atoms with van der Waals surface area (Å²) in [5, 5.41) is 13.3. The molecule has 2 rings (SSSR count). The summed E-state index contributed by atoms with van der Waals surface area (Å²) in [5.41, 5.74) is 0.777. The number of nitrogens with zero attached hydrogens (tertiary/aromatic N) is 2. The molecule has 1 aromatic rings. The highest BCUT2D eigenvalue weighted by molar-refractivity contribution is 5.80. The molecule has 140 valence electrons. The van der Waals surface area contributed by atoms with Crippen molar-refractivity contribution in [2.75, 3.05) is 54.2 Å². The first-order chi connectivity index (χ1) is 12.2. The van der Waals surface area contributed by atoms with Crippen LogP contribution in [0, 0.1) is 5.92 Å². The zero-order valence-corrected chi connectivity index (χ0v) is 15.3. The van der Waals surface area contributed by atoms with Crippen molar-refractivity contribution in [2.45, 2.75) is 13.0 Å². The minimum absolute atomic E-state index is 0.245. The Bertz CT molecular complexity index is 565. The van der Waals surface area contributed by atoms with E-state index in [0.29, 0.717) is 25.7 Å². The Labute approximate surface area is 149 Å². The first-order valence-electron chi connectivity index (χ1n) is 8.56. The molecule has 1 aliphatic rings. The molecule has 0 radical (unpaired) electrons. The van der Waals surface area contributed by atoms with Gasteiger partial charge in [-0.15, -0.1) is 0 Å². The van der Waals surface area contributed by atoms with E-state index in [9.17, 15) is 5.11 Å². The molecule has 0 aromatic heterocycles. The highest BCUT2D eigenvalue weighted by atomic mass is 16.5. The van der Waals surface area contributed by atoms with E-state index in [4.69, 9.17) is 14.2 Å². The Morgan fingerprint density at radius 3 is 2.92 bits per heavy atom. The molecule has 0 spiro atoms. The highest BCUT2D eigenvalue weighted by Crippen LogP contribution is 2.23. The Kier molecular flexibility index (Phi) is 7.81. The van der Waals surface area contributed by atoms with Crippen LogP contribution in [0.1, 0.15) is 12.0 Å². The molecular formula is C18H29N3O4. The summed E-state index contributed by atoms with van der Waals surface area (Å²) in [5.74, 6) is 2.30. The van der Waals surface area contributed by atoms with E-state index < -0.39 is 0 Å². The second kappa shape index (κ2) is 10.1. The molecule has 0 amide bonds. The number of phenols is 1. The van der Waals surface area contributed by atoms with E-state index in [2.05, 4.69) is 15.2 Å². The van der Waals surface area contributed by atoms with Gasteiger partial charge in [-0.2, -0.15) is 0 Å². The van der Waals surface area contributed by atoms with Gasteiger partial charge < -0.3 is 29.5 Å². The van der Waals surface area contributed by atoms with Crippen LogP contribution in [0.4, 0.5) is 0 Å². The van der Waals surface area contributed by atoms with Crippen LogP contribution in [-0.4, -0.2) is 70.1 Å². The Morgan fingerprint density at radius 2 is 2.20 bits per heavy atom. The Hall–Kier alpha value is -1.99. The van der Waals surface area contributed by atoms with E-state index >= 15 is 0 Å². The van der Waals surface area contributed by atoms with E-state index in [-0.39, 0.29) is 5.75 Å². The molecule has 1 aliphatic heterocycles. The van der Waals surface area contributed by atoms with Crippen molar-refractivity contribution in [1.82, 2.24) is 10.2 Å². The zero-order valence-electron chi connectivity index (χ0n) is 15.3. The van der Waals surface area contributed by atoms with Crippen LogP contribution in [-0.2, 0) is 16.0 Å². The summed E-state index contributed by atoms with van der Waals surface area (Å²) in [4.78, 5) is 6.58. The van der Waals surface area contributed by atoms with Gasteiger partial charge in [0, 0.05) is 45.3 Å². The SMILES string of the molecule is CN=C(NCc1cc(OC)ccc1O)N1CCC(COCCOC)C1. The molecule has 0 saturated carbocycles. The van der Waals surface area contributed by atoms with Gasteiger partial charge in [-0.25, -0.2) is 0 Å². The monoisotopic (exact) mass is 351 g/mol. The summed E-state index contributed by atoms with van der Waals surface area (Å²) in [7, 11) is 5.06. The average Bonchev–Trinajstić information content (AvgIpc) is 3.09. The number of rotatable bonds is 8. The zero-order chi connectivity index (χ0) is 18.1. The minimum atomic E-state index is 0.245. The van der Waals surface area contributed by atoms with Crippen LogP contribution < -0.4 is 10.1 Å². The maximum atomic E-state index is 9.99. The topological polar surface area (TPSA) is 75.6 Å². The smallest absolute Gasteiger partial charge is 0.193 e. The Morgan fingerprint density at radius 1 is 1.36 bits per heavy atom. The van der Waals surface area contributed by atoms with Gasteiger partial charge in [0.1, 0.15) is 11.5 Å². The predicted octanol–water partition coefficient (Wildman–Crippen LogP) is 1.46. The van der Waals surface area contributed by atoms with E-state index in [1.54, 1.807) is 33.4 Å². The van der Waals surface area contributed by atoms with Crippen LogP contribution in [0.15, 0.2) is 23.2 Å². The van der Waals surface area contributed by atoms with E-state index in [1.807, 2.05) is 6.07 Å². The van der Waals surface area contributed by atoms with Gasteiger partial charge in [-0.3, -0.25) is 4.99 Å². The summed E-state index contributed by atoms with van der Waals surface area (Å²) in [6, 6.07) is 5.20. The molecule has 1 heterocycles. The normalized spacial score (nSPS) is 17.8. The standard InChI is InChI=1S/C18H29N3O4/c1-19-18(20-11-15-10-16(24-3)4-5-17(15)22)21-7-6-14(12-21)13-25-9-8-23-2/h4-5,10,14,22H,6-9,11-13H2,1-3H3,(H,19,20). The van der Waals surface area contributed by atoms with Crippen molar-refractivity contribution in [2.24, 2.45) is 10.9 Å². The number of aromatic hydroxyl groups is 1. The van der Waals surface area contributed by atoms with Crippen LogP contribution in [0.5, 0.6) is 11.5 Å². The van der Waals surface area contributed by atoms with Crippen LogP contribution in [0.3, 0.4) is 0 Å². The maximum Gasteiger partial charge on any atom is 0.193 e. The van der Waals surface area contributed by atoms with Crippen molar-refractivity contribution in [3.8, 4) is 11.5 Å². The molecule has 0 aliphatic carbocycles. The first kappa shape index (κ1) is 19.3. The number of hydrogen-bond donors (Lipinski definition) is 2. The third-order valence-corrected chi connectivity index (χ3v) is 4.31. The number of nitrogens with one attached hydrogen (secondary N) is 1. The molecule has 1 fully saturated rings. The number of methoxy groups -OCH3 is 2. The van der Waals surface area contributed by atoms with E-state index in [1.165, 1.54) is 0 Å². The van der Waals surface area contributed by atoms with Crippen LogP contribution in [0.2, 0.25) is 0 Å². The van der Waals surface area contributed by atoms with Gasteiger partial charge in [-0.1, -0.05) is 0 Å². The lowest BCUT2D eigenvalue weighted by Gasteiger charge is -2.22. The van der Waals surface area contributed by atoms with Crippen molar-refractivity contribution >= 4 is 5.96 Å². The lowest BCUT2D eigenvalue weighted by molar-refractivity contribution is 0.0536. The van der Waals surface area contributed by atoms with Crippen LogP contribution in [0.25, 0.3) is 0 Å². The van der Waals surface area contributed by atoms with Crippen molar-refractivity contribution < 1.29 is 19.3 Å². The van der Waals surface area contributed by atoms with Gasteiger partial charge in [0.05, 0.1) is 26.9 Å². The fraction of sp³-hybridized carbons (Fsp3) is 0.611. The third-order valence-electron chi connectivity index (χ3n) is 4.31. The Balaban J connectivity index is 1.83. The number of benzene rings is 1. The predicted molar refractivity (Wildman–Crippen MR) is 97.2 cm³/mol. The van der Waals surface area contributed by atoms with Crippen molar-refractivity contribution in [3.05, 3.63) is 23.8 Å². The highest BCUT2D eigenvalue weighted by Gasteiger charge is 2.25. The molecular weight excluding hydrogens is 322 g/mol. The second-order valence-corrected chi connectivity index (χ2v) is 6.06. The lowest BCUT2D eigenvalue weighted by atomic mass is 10.1. The maximum absolute atomic E-state index is 9.99. The van der Waals surface area contributed by atoms with Crippen molar-refractivity contribution in [1.29, 1.82) is 0 Å². The third kappa shape index (κ3) is 5.79. The molecule has 25 heavy (non-hydrogen) atoms. The molecule has 7 nitrogen and oxygen atoms in total. The molecule has 1 aromatic carbocycles. The van der Waals surface area contributed by atoms with Gasteiger partial charge in [0.15, 0.2) is 5.96 Å². The summed E-state index contributed by atoms with van der Waals surface area (Å²) in [6.07, 6.45) is 1.08. The lowest BCUT2D eigenvalue weighted by Crippen LogP contribution is -2.39. The molecule has 0 bridgehead atoms. The average molecular weight is 351 g/mol. The van der Waals surface area contributed by atoms with Gasteiger partial charge in [0.2, 0.25) is 0 Å². The fourth-order valence-electron chi connectivity index (χ4n) is 2.89. The molecule has 1 saturated heterocycles. The second-order valence-electron chi connectivity index (χ2n) is 6.06. The van der Waals surface area contributed by atoms with E-state index in [0.717, 1.165) is 43.4 Å². The minimum Gasteiger partial charge on any atom is -0.508 e. The summed E-state index contributed by atoms with van der Waals surface area (Å²) < 4.78 is 15.8. The van der Waals surface area contributed by atoms with Crippen LogP contribution >= 0.6 is 0 Å². The molecule has 7 heteroatoms. The molecule has 1 unspecified atom stereocenters. The van der Waals surface area contributed by atoms with Gasteiger partial charge in [0.25, 0.3) is 0 Å². The largest absolute Gasteiger partial charge is 0.508 e. The van der Waals surface area contributed by atoms with Crippen molar-refractivity contribution in [3.63, 3.8) is 0 Å². The molecule has 2 N–H and O–H groups in total. The summed E-state index contributed by atoms with van der Waals surface area (Å²) >= 11 is 0. The number of phenolic OH excluding ortho intramolecular Hbond substituents is 1. The number of aliphatic imine (C=N–C) groups is 1. The number of likely N-dealkylation sites (tertiary alicyclic amines) is 1. The quantitative estimate of drug-likeness (QED) is 0.420. The number of hydrogen-bond acceptors (Lipinski definition) is 5. The van der Waals surface area contributed by atoms with Gasteiger partial charge in [-0.05, 0) is 24.6 Å². The fourth-order valence-corrected chi connectivity index (χ4v) is 2.89.